The Morgan fingerprint density at radius 3 is 2.25 bits per heavy atom. The topological polar surface area (TPSA) is 68.1 Å². The van der Waals surface area contributed by atoms with Gasteiger partial charge in [0.2, 0.25) is 5.95 Å². The average molecular weight is 369 g/mol. The van der Waals surface area contributed by atoms with Gasteiger partial charge in [-0.1, -0.05) is 30.3 Å². The standard InChI is InChI=1S/C16H20N4O2S.ClH/c1-19-14(16(7-8-16)13-5-3-2-4-6-13)17-18-15(19)20-9-11-23(21,22)12-10-20;/h2-6H,7-12H2,1H3;1H. The van der Waals surface area contributed by atoms with Gasteiger partial charge in [0, 0.05) is 20.1 Å². The second kappa shape index (κ2) is 6.04. The summed E-state index contributed by atoms with van der Waals surface area (Å²) in [6, 6.07) is 10.4. The van der Waals surface area contributed by atoms with E-state index in [2.05, 4.69) is 34.5 Å². The number of hydrogen-bond acceptors (Lipinski definition) is 5. The Kier molecular flexibility index (Phi) is 4.34. The zero-order valence-corrected chi connectivity index (χ0v) is 15.2. The predicted molar refractivity (Wildman–Crippen MR) is 95.6 cm³/mol. The highest BCUT2D eigenvalue weighted by molar-refractivity contribution is 7.91. The molecule has 0 radical (unpaired) electrons. The summed E-state index contributed by atoms with van der Waals surface area (Å²) in [5, 5.41) is 8.82. The quantitative estimate of drug-likeness (QED) is 0.822. The number of nitrogens with zero attached hydrogens (tertiary/aromatic N) is 4. The number of hydrogen-bond donors (Lipinski definition) is 0. The first-order valence-corrected chi connectivity index (χ1v) is 9.75. The molecule has 0 spiro atoms. The van der Waals surface area contributed by atoms with Crippen LogP contribution in [-0.4, -0.2) is 47.8 Å². The van der Waals surface area contributed by atoms with Crippen molar-refractivity contribution in [3.63, 3.8) is 0 Å². The molecule has 2 aromatic rings. The largest absolute Gasteiger partial charge is 0.339 e. The Morgan fingerprint density at radius 1 is 1.04 bits per heavy atom. The van der Waals surface area contributed by atoms with Crippen molar-refractivity contribution in [2.45, 2.75) is 18.3 Å². The van der Waals surface area contributed by atoms with Crippen molar-refractivity contribution in [2.75, 3.05) is 29.5 Å². The number of sulfone groups is 1. The van der Waals surface area contributed by atoms with E-state index in [9.17, 15) is 8.42 Å². The third-order valence-electron chi connectivity index (χ3n) is 4.98. The molecule has 1 aliphatic heterocycles. The summed E-state index contributed by atoms with van der Waals surface area (Å²) in [4.78, 5) is 2.03. The van der Waals surface area contributed by atoms with Gasteiger partial charge in [0.1, 0.15) is 5.82 Å². The maximum Gasteiger partial charge on any atom is 0.227 e. The summed E-state index contributed by atoms with van der Waals surface area (Å²) in [7, 11) is -0.905. The van der Waals surface area contributed by atoms with Crippen LogP contribution in [0.15, 0.2) is 30.3 Å². The summed E-state index contributed by atoms with van der Waals surface area (Å²) < 4.78 is 25.2. The fraction of sp³-hybridized carbons (Fsp3) is 0.500. The fourth-order valence-corrected chi connectivity index (χ4v) is 4.65. The Morgan fingerprint density at radius 2 is 1.67 bits per heavy atom. The van der Waals surface area contributed by atoms with E-state index < -0.39 is 9.84 Å². The molecule has 1 aromatic heterocycles. The van der Waals surface area contributed by atoms with Gasteiger partial charge >= 0.3 is 0 Å². The smallest absolute Gasteiger partial charge is 0.227 e. The molecule has 1 saturated carbocycles. The van der Waals surface area contributed by atoms with Crippen LogP contribution in [0.3, 0.4) is 0 Å². The maximum atomic E-state index is 11.6. The first-order chi connectivity index (χ1) is 11.0. The number of aromatic nitrogens is 3. The summed E-state index contributed by atoms with van der Waals surface area (Å²) in [6.07, 6.45) is 2.16. The van der Waals surface area contributed by atoms with E-state index in [1.807, 2.05) is 22.6 Å². The molecule has 0 amide bonds. The molecule has 1 aliphatic carbocycles. The van der Waals surface area contributed by atoms with Crippen molar-refractivity contribution < 1.29 is 8.42 Å². The van der Waals surface area contributed by atoms with E-state index in [1.54, 1.807) is 0 Å². The van der Waals surface area contributed by atoms with Gasteiger partial charge < -0.3 is 4.90 Å². The minimum absolute atomic E-state index is 0. The second-order valence-electron chi connectivity index (χ2n) is 6.47. The molecule has 8 heteroatoms. The molecule has 130 valence electrons. The third-order valence-corrected chi connectivity index (χ3v) is 6.59. The van der Waals surface area contributed by atoms with Crippen LogP contribution in [0, 0.1) is 0 Å². The molecule has 24 heavy (non-hydrogen) atoms. The molecule has 4 rings (SSSR count). The van der Waals surface area contributed by atoms with Gasteiger partial charge in [-0.05, 0) is 18.4 Å². The van der Waals surface area contributed by atoms with Gasteiger partial charge in [0.15, 0.2) is 9.84 Å². The normalized spacial score (nSPS) is 21.1. The van der Waals surface area contributed by atoms with E-state index in [0.29, 0.717) is 13.1 Å². The summed E-state index contributed by atoms with van der Waals surface area (Å²) in [5.41, 5.74) is 1.26. The molecule has 0 unspecified atom stereocenters. The van der Waals surface area contributed by atoms with Gasteiger partial charge in [-0.2, -0.15) is 0 Å². The van der Waals surface area contributed by atoms with Crippen LogP contribution < -0.4 is 4.90 Å². The Labute approximate surface area is 148 Å². The van der Waals surface area contributed by atoms with Crippen LogP contribution in [0.25, 0.3) is 0 Å². The third kappa shape index (κ3) is 2.80. The molecule has 2 aliphatic rings. The van der Waals surface area contributed by atoms with Crippen LogP contribution in [0.4, 0.5) is 5.95 Å². The van der Waals surface area contributed by atoms with E-state index in [4.69, 9.17) is 0 Å². The monoisotopic (exact) mass is 368 g/mol. The van der Waals surface area contributed by atoms with Gasteiger partial charge in [0.05, 0.1) is 16.9 Å². The van der Waals surface area contributed by atoms with E-state index in [0.717, 1.165) is 24.6 Å². The summed E-state index contributed by atoms with van der Waals surface area (Å²) >= 11 is 0. The molecule has 0 bridgehead atoms. The van der Waals surface area contributed by atoms with Crippen molar-refractivity contribution in [3.05, 3.63) is 41.7 Å². The molecule has 0 atom stereocenters. The zero-order valence-electron chi connectivity index (χ0n) is 13.6. The lowest BCUT2D eigenvalue weighted by Crippen LogP contribution is -2.41. The first kappa shape index (κ1) is 17.2. The maximum absolute atomic E-state index is 11.6. The van der Waals surface area contributed by atoms with Gasteiger partial charge in [-0.25, -0.2) is 8.42 Å². The van der Waals surface area contributed by atoms with Crippen LogP contribution in [0.1, 0.15) is 24.2 Å². The van der Waals surface area contributed by atoms with Crippen LogP contribution in [0.5, 0.6) is 0 Å². The van der Waals surface area contributed by atoms with Crippen LogP contribution in [-0.2, 0) is 22.3 Å². The van der Waals surface area contributed by atoms with Crippen molar-refractivity contribution >= 4 is 28.2 Å². The lowest BCUT2D eigenvalue weighted by molar-refractivity contribution is 0.584. The summed E-state index contributed by atoms with van der Waals surface area (Å²) in [6.45, 7) is 0.985. The molecule has 1 saturated heterocycles. The highest BCUT2D eigenvalue weighted by Gasteiger charge is 2.50. The predicted octanol–water partition coefficient (Wildman–Crippen LogP) is 1.55. The lowest BCUT2D eigenvalue weighted by Gasteiger charge is -2.27. The van der Waals surface area contributed by atoms with Crippen molar-refractivity contribution in [3.8, 4) is 0 Å². The zero-order chi connectivity index (χ0) is 16.1. The SMILES string of the molecule is Cl.Cn1c(N2CCS(=O)(=O)CC2)nnc1C1(c2ccccc2)CC1. The Balaban J connectivity index is 0.00000169. The molecule has 6 nitrogen and oxygen atoms in total. The molecule has 0 N–H and O–H groups in total. The van der Waals surface area contributed by atoms with Crippen molar-refractivity contribution in [1.29, 1.82) is 0 Å². The second-order valence-corrected chi connectivity index (χ2v) is 8.77. The van der Waals surface area contributed by atoms with Crippen LogP contribution >= 0.6 is 12.4 Å². The van der Waals surface area contributed by atoms with Gasteiger partial charge in [-0.15, -0.1) is 22.6 Å². The molecular weight excluding hydrogens is 348 g/mol. The number of halogens is 1. The van der Waals surface area contributed by atoms with E-state index in [-0.39, 0.29) is 29.3 Å². The minimum Gasteiger partial charge on any atom is -0.339 e. The number of rotatable bonds is 3. The molecule has 1 aromatic carbocycles. The van der Waals surface area contributed by atoms with E-state index in [1.165, 1.54) is 5.56 Å². The first-order valence-electron chi connectivity index (χ1n) is 7.93. The lowest BCUT2D eigenvalue weighted by atomic mass is 9.95. The van der Waals surface area contributed by atoms with Gasteiger partial charge in [0.25, 0.3) is 0 Å². The molecule has 2 heterocycles. The van der Waals surface area contributed by atoms with Crippen LogP contribution in [0.2, 0.25) is 0 Å². The summed E-state index contributed by atoms with van der Waals surface area (Å²) in [5.74, 6) is 2.14. The Bertz CT molecular complexity index is 817. The average Bonchev–Trinajstić information content (AvgIpc) is 3.26. The highest BCUT2D eigenvalue weighted by atomic mass is 35.5. The van der Waals surface area contributed by atoms with Crippen molar-refractivity contribution in [1.82, 2.24) is 14.8 Å². The molecule has 2 fully saturated rings. The fourth-order valence-electron chi connectivity index (χ4n) is 3.45. The molecular formula is C16H21ClN4O2S. The Hall–Kier alpha value is -1.60. The minimum atomic E-state index is -2.89. The van der Waals surface area contributed by atoms with E-state index >= 15 is 0 Å². The van der Waals surface area contributed by atoms with Crippen molar-refractivity contribution in [2.24, 2.45) is 7.05 Å². The van der Waals surface area contributed by atoms with Gasteiger partial charge in [-0.3, -0.25) is 4.57 Å². The number of anilines is 1. The highest BCUT2D eigenvalue weighted by Crippen LogP contribution is 2.52. The number of benzene rings is 1.